The fourth-order valence-corrected chi connectivity index (χ4v) is 3.32. The maximum Gasteiger partial charge on any atom is 0.222 e. The molecule has 0 spiro atoms. The first-order valence-electron chi connectivity index (χ1n) is 8.62. The Morgan fingerprint density at radius 2 is 1.96 bits per heavy atom. The van der Waals surface area contributed by atoms with Gasteiger partial charge in [-0.15, -0.1) is 0 Å². The van der Waals surface area contributed by atoms with Crippen LogP contribution < -0.4 is 0 Å². The van der Waals surface area contributed by atoms with Crippen molar-refractivity contribution in [2.24, 2.45) is 5.92 Å². The van der Waals surface area contributed by atoms with Crippen molar-refractivity contribution in [1.82, 2.24) is 14.5 Å². The summed E-state index contributed by atoms with van der Waals surface area (Å²) < 4.78 is 2.25. The van der Waals surface area contributed by atoms with Crippen LogP contribution in [0.4, 0.5) is 0 Å². The normalized spacial score (nSPS) is 15.8. The van der Waals surface area contributed by atoms with E-state index in [9.17, 15) is 4.79 Å². The molecule has 0 atom stereocenters. The van der Waals surface area contributed by atoms with Crippen molar-refractivity contribution < 1.29 is 4.79 Å². The van der Waals surface area contributed by atoms with E-state index >= 15 is 0 Å². The molecule has 122 valence electrons. The summed E-state index contributed by atoms with van der Waals surface area (Å²) >= 11 is 0. The van der Waals surface area contributed by atoms with Crippen LogP contribution in [-0.4, -0.2) is 33.4 Å². The van der Waals surface area contributed by atoms with Gasteiger partial charge < -0.3 is 9.47 Å². The second-order valence-electron chi connectivity index (χ2n) is 6.34. The third kappa shape index (κ3) is 3.81. The molecular formula is C19H25N3O. The van der Waals surface area contributed by atoms with Gasteiger partial charge in [0.2, 0.25) is 5.91 Å². The Labute approximate surface area is 138 Å². The fraction of sp³-hybridized carbons (Fsp3) is 0.474. The Balaban J connectivity index is 1.60. The summed E-state index contributed by atoms with van der Waals surface area (Å²) in [5, 5.41) is 0. The maximum absolute atomic E-state index is 12.0. The molecule has 4 nitrogen and oxygen atoms in total. The third-order valence-corrected chi connectivity index (χ3v) is 4.63. The van der Waals surface area contributed by atoms with Crippen molar-refractivity contribution in [3.63, 3.8) is 0 Å². The van der Waals surface area contributed by atoms with Gasteiger partial charge in [-0.25, -0.2) is 4.98 Å². The number of amides is 1. The molecule has 23 heavy (non-hydrogen) atoms. The summed E-state index contributed by atoms with van der Waals surface area (Å²) in [6.45, 7) is 4.85. The van der Waals surface area contributed by atoms with Gasteiger partial charge in [-0.2, -0.15) is 0 Å². The smallest absolute Gasteiger partial charge is 0.222 e. The molecule has 3 rings (SSSR count). The first-order chi connectivity index (χ1) is 11.3. The number of hydrogen-bond donors (Lipinski definition) is 0. The number of carbonyl (C=O) groups is 1. The summed E-state index contributed by atoms with van der Waals surface area (Å²) in [7, 11) is 0. The average molecular weight is 311 g/mol. The second kappa shape index (κ2) is 7.44. The highest BCUT2D eigenvalue weighted by atomic mass is 16.2. The minimum atomic E-state index is 0.318. The molecule has 1 saturated heterocycles. The predicted octanol–water partition coefficient (Wildman–Crippen LogP) is 3.59. The van der Waals surface area contributed by atoms with Gasteiger partial charge in [-0.1, -0.05) is 37.3 Å². The van der Waals surface area contributed by atoms with Crippen molar-refractivity contribution in [3.8, 4) is 11.4 Å². The molecule has 0 unspecified atom stereocenters. The van der Waals surface area contributed by atoms with Crippen LogP contribution in [0.1, 0.15) is 32.6 Å². The van der Waals surface area contributed by atoms with Gasteiger partial charge in [0.15, 0.2) is 0 Å². The fourth-order valence-electron chi connectivity index (χ4n) is 3.32. The van der Waals surface area contributed by atoms with Crippen LogP contribution in [0.25, 0.3) is 11.4 Å². The second-order valence-corrected chi connectivity index (χ2v) is 6.34. The molecule has 1 fully saturated rings. The molecule has 0 radical (unpaired) electrons. The van der Waals surface area contributed by atoms with E-state index in [4.69, 9.17) is 0 Å². The lowest BCUT2D eigenvalue weighted by Gasteiger charge is -2.32. The lowest BCUT2D eigenvalue weighted by molar-refractivity contribution is -0.132. The molecule has 1 aromatic carbocycles. The molecule has 2 heterocycles. The molecule has 2 aromatic rings. The summed E-state index contributed by atoms with van der Waals surface area (Å²) in [4.78, 5) is 18.5. The standard InChI is InChI=1S/C19H25N3O/c1-2-6-18(23)21-12-9-16(10-13-21)15-22-14-11-20-19(22)17-7-4-3-5-8-17/h3-5,7-8,11,14,16H,2,6,9-10,12-13,15H2,1H3. The van der Waals surface area contributed by atoms with Gasteiger partial charge >= 0.3 is 0 Å². The molecule has 4 heteroatoms. The lowest BCUT2D eigenvalue weighted by Crippen LogP contribution is -2.39. The Bertz CT molecular complexity index is 627. The molecule has 1 aliphatic rings. The quantitative estimate of drug-likeness (QED) is 0.846. The van der Waals surface area contributed by atoms with Crippen molar-refractivity contribution in [2.75, 3.05) is 13.1 Å². The zero-order valence-electron chi connectivity index (χ0n) is 13.8. The van der Waals surface area contributed by atoms with E-state index < -0.39 is 0 Å². The summed E-state index contributed by atoms with van der Waals surface area (Å²) in [5.41, 5.74) is 1.16. The zero-order valence-corrected chi connectivity index (χ0v) is 13.8. The Kier molecular flexibility index (Phi) is 5.11. The van der Waals surface area contributed by atoms with Crippen LogP contribution in [-0.2, 0) is 11.3 Å². The zero-order chi connectivity index (χ0) is 16.1. The number of rotatable bonds is 5. The first kappa shape index (κ1) is 15.8. The number of aromatic nitrogens is 2. The van der Waals surface area contributed by atoms with Crippen LogP contribution in [0.15, 0.2) is 42.7 Å². The Hall–Kier alpha value is -2.10. The number of likely N-dealkylation sites (tertiary alicyclic amines) is 1. The largest absolute Gasteiger partial charge is 0.343 e. The van der Waals surface area contributed by atoms with Gasteiger partial charge in [0.1, 0.15) is 5.82 Å². The average Bonchev–Trinajstić information content (AvgIpc) is 3.05. The van der Waals surface area contributed by atoms with Crippen molar-refractivity contribution in [1.29, 1.82) is 0 Å². The Morgan fingerprint density at radius 1 is 1.22 bits per heavy atom. The molecule has 0 saturated carbocycles. The molecule has 1 aromatic heterocycles. The van der Waals surface area contributed by atoms with Crippen molar-refractivity contribution >= 4 is 5.91 Å². The highest BCUT2D eigenvalue weighted by Crippen LogP contribution is 2.23. The van der Waals surface area contributed by atoms with Crippen molar-refractivity contribution in [2.45, 2.75) is 39.2 Å². The maximum atomic E-state index is 12.0. The van der Waals surface area contributed by atoms with Gasteiger partial charge in [0.05, 0.1) is 0 Å². The number of piperidine rings is 1. The highest BCUT2D eigenvalue weighted by molar-refractivity contribution is 5.76. The van der Waals surface area contributed by atoms with E-state index in [2.05, 4.69) is 34.8 Å². The van der Waals surface area contributed by atoms with Crippen LogP contribution in [0.3, 0.4) is 0 Å². The van der Waals surface area contributed by atoms with Crippen LogP contribution >= 0.6 is 0 Å². The molecule has 0 bridgehead atoms. The van der Waals surface area contributed by atoms with E-state index in [-0.39, 0.29) is 0 Å². The number of nitrogens with zero attached hydrogens (tertiary/aromatic N) is 3. The molecule has 0 aliphatic carbocycles. The highest BCUT2D eigenvalue weighted by Gasteiger charge is 2.23. The molecule has 1 amide bonds. The monoisotopic (exact) mass is 311 g/mol. The van der Waals surface area contributed by atoms with Gasteiger partial charge in [-0.3, -0.25) is 4.79 Å². The lowest BCUT2D eigenvalue weighted by atomic mass is 9.96. The predicted molar refractivity (Wildman–Crippen MR) is 91.9 cm³/mol. The molecule has 1 aliphatic heterocycles. The van der Waals surface area contributed by atoms with Crippen LogP contribution in [0.2, 0.25) is 0 Å². The minimum absolute atomic E-state index is 0.318. The third-order valence-electron chi connectivity index (χ3n) is 4.63. The van der Waals surface area contributed by atoms with Crippen LogP contribution in [0, 0.1) is 5.92 Å². The number of benzene rings is 1. The van der Waals surface area contributed by atoms with Gasteiger partial charge in [0.25, 0.3) is 0 Å². The molecular weight excluding hydrogens is 286 g/mol. The van der Waals surface area contributed by atoms with E-state index in [1.807, 2.05) is 29.3 Å². The summed E-state index contributed by atoms with van der Waals surface area (Å²) in [6.07, 6.45) is 7.74. The van der Waals surface area contributed by atoms with Crippen molar-refractivity contribution in [3.05, 3.63) is 42.7 Å². The van der Waals surface area contributed by atoms with Gasteiger partial charge in [0, 0.05) is 44.0 Å². The van der Waals surface area contributed by atoms with Gasteiger partial charge in [-0.05, 0) is 25.2 Å². The molecule has 0 N–H and O–H groups in total. The van der Waals surface area contributed by atoms with E-state index in [1.165, 1.54) is 0 Å². The topological polar surface area (TPSA) is 38.1 Å². The number of carbonyl (C=O) groups excluding carboxylic acids is 1. The van der Waals surface area contributed by atoms with E-state index in [0.717, 1.165) is 50.3 Å². The number of hydrogen-bond acceptors (Lipinski definition) is 2. The first-order valence-corrected chi connectivity index (χ1v) is 8.62. The Morgan fingerprint density at radius 3 is 2.65 bits per heavy atom. The van der Waals surface area contributed by atoms with E-state index in [1.54, 1.807) is 0 Å². The summed E-state index contributed by atoms with van der Waals surface area (Å²) in [5.74, 6) is 1.98. The van der Waals surface area contributed by atoms with E-state index in [0.29, 0.717) is 18.2 Å². The SMILES string of the molecule is CCCC(=O)N1CCC(Cn2ccnc2-c2ccccc2)CC1. The minimum Gasteiger partial charge on any atom is -0.343 e. The number of imidazole rings is 1. The summed E-state index contributed by atoms with van der Waals surface area (Å²) in [6, 6.07) is 10.3. The van der Waals surface area contributed by atoms with Crippen LogP contribution in [0.5, 0.6) is 0 Å².